The summed E-state index contributed by atoms with van der Waals surface area (Å²) in [6.45, 7) is 0.382. The Bertz CT molecular complexity index is 1240. The number of thiophene rings is 1. The van der Waals surface area contributed by atoms with E-state index in [0.717, 1.165) is 32.8 Å². The molecular weight excluding hydrogens is 470 g/mol. The molecule has 1 aromatic carbocycles. The number of benzene rings is 1. The van der Waals surface area contributed by atoms with E-state index in [1.807, 2.05) is 16.8 Å². The van der Waals surface area contributed by atoms with Crippen LogP contribution in [0.25, 0.3) is 16.6 Å². The van der Waals surface area contributed by atoms with Crippen LogP contribution >= 0.6 is 34.4 Å². The SMILES string of the molecule is O=C(NCCN1C(=O)S/C(=C\c2ccc3c(c2)OCO3)C1=O)c1csc(-c2ccsc2)n1. The molecule has 1 saturated heterocycles. The minimum Gasteiger partial charge on any atom is -0.454 e. The van der Waals surface area contributed by atoms with Crippen molar-refractivity contribution in [3.63, 3.8) is 0 Å². The fraction of sp³-hybridized carbons (Fsp3) is 0.143. The third-order valence-electron chi connectivity index (χ3n) is 4.69. The molecule has 3 aromatic rings. The standard InChI is InChI=1S/C21H15N3O5S3/c25-18(14-10-31-19(23-14)13-3-6-30-9-13)22-4-5-24-20(26)17(32-21(24)27)8-12-1-2-15-16(7-12)29-11-28-15/h1-3,6-10H,4-5,11H2,(H,22,25)/b17-8-. The highest BCUT2D eigenvalue weighted by atomic mass is 32.2. The maximum atomic E-state index is 12.7. The zero-order valence-corrected chi connectivity index (χ0v) is 18.9. The van der Waals surface area contributed by atoms with E-state index in [-0.39, 0.29) is 36.9 Å². The number of nitrogens with zero attached hydrogens (tertiary/aromatic N) is 2. The lowest BCUT2D eigenvalue weighted by atomic mass is 10.2. The molecule has 1 N–H and O–H groups in total. The van der Waals surface area contributed by atoms with E-state index in [9.17, 15) is 14.4 Å². The Balaban J connectivity index is 1.18. The van der Waals surface area contributed by atoms with Crippen LogP contribution in [0.4, 0.5) is 4.79 Å². The normalized spacial score (nSPS) is 16.2. The van der Waals surface area contributed by atoms with E-state index in [4.69, 9.17) is 9.47 Å². The summed E-state index contributed by atoms with van der Waals surface area (Å²) in [5, 5.41) is 8.74. The second-order valence-corrected chi connectivity index (χ2v) is 9.38. The van der Waals surface area contributed by atoms with Gasteiger partial charge in [-0.2, -0.15) is 11.3 Å². The van der Waals surface area contributed by atoms with Gasteiger partial charge in [0.1, 0.15) is 10.7 Å². The molecule has 2 aliphatic heterocycles. The molecule has 0 unspecified atom stereocenters. The number of amides is 3. The molecule has 2 aromatic heterocycles. The number of hydrogen-bond acceptors (Lipinski definition) is 9. The summed E-state index contributed by atoms with van der Waals surface area (Å²) in [6, 6.07) is 7.26. The molecule has 0 radical (unpaired) electrons. The zero-order valence-electron chi connectivity index (χ0n) is 16.4. The molecule has 5 rings (SSSR count). The summed E-state index contributed by atoms with van der Waals surface area (Å²) >= 11 is 3.83. The molecule has 162 valence electrons. The number of carbonyl (C=O) groups excluding carboxylic acids is 3. The summed E-state index contributed by atoms with van der Waals surface area (Å²) in [4.78, 5) is 43.2. The molecule has 11 heteroatoms. The fourth-order valence-corrected chi connectivity index (χ4v) is 5.49. The number of rotatable bonds is 6. The molecular formula is C21H15N3O5S3. The molecule has 1 fully saturated rings. The molecule has 0 bridgehead atoms. The van der Waals surface area contributed by atoms with Gasteiger partial charge in [0.2, 0.25) is 6.79 Å². The number of thioether (sulfide) groups is 1. The molecule has 3 amide bonds. The lowest BCUT2D eigenvalue weighted by Crippen LogP contribution is -2.37. The van der Waals surface area contributed by atoms with Crippen molar-refractivity contribution in [3.8, 4) is 22.1 Å². The molecule has 32 heavy (non-hydrogen) atoms. The van der Waals surface area contributed by atoms with Gasteiger partial charge in [-0.15, -0.1) is 11.3 Å². The number of nitrogens with one attached hydrogen (secondary N) is 1. The van der Waals surface area contributed by atoms with Crippen LogP contribution in [-0.4, -0.2) is 46.8 Å². The van der Waals surface area contributed by atoms with Gasteiger partial charge < -0.3 is 14.8 Å². The van der Waals surface area contributed by atoms with Crippen molar-refractivity contribution in [1.82, 2.24) is 15.2 Å². The van der Waals surface area contributed by atoms with Gasteiger partial charge in [0.05, 0.1) is 4.91 Å². The average molecular weight is 486 g/mol. The fourth-order valence-electron chi connectivity index (χ4n) is 3.12. The number of aromatic nitrogens is 1. The Labute approximate surface area is 194 Å². The van der Waals surface area contributed by atoms with Crippen LogP contribution < -0.4 is 14.8 Å². The summed E-state index contributed by atoms with van der Waals surface area (Å²) in [6.07, 6.45) is 1.65. The monoisotopic (exact) mass is 485 g/mol. The number of imide groups is 1. The first kappa shape index (κ1) is 20.7. The summed E-state index contributed by atoms with van der Waals surface area (Å²) in [7, 11) is 0. The smallest absolute Gasteiger partial charge is 0.293 e. The van der Waals surface area contributed by atoms with E-state index in [1.54, 1.807) is 41.0 Å². The highest BCUT2D eigenvalue weighted by Crippen LogP contribution is 2.36. The number of fused-ring (bicyclic) bond motifs is 1. The van der Waals surface area contributed by atoms with Crippen molar-refractivity contribution in [3.05, 3.63) is 56.6 Å². The maximum absolute atomic E-state index is 12.7. The van der Waals surface area contributed by atoms with Crippen LogP contribution in [0.5, 0.6) is 11.5 Å². The predicted molar refractivity (Wildman–Crippen MR) is 123 cm³/mol. The van der Waals surface area contributed by atoms with E-state index in [2.05, 4.69) is 10.3 Å². The lowest BCUT2D eigenvalue weighted by Gasteiger charge is -2.12. The maximum Gasteiger partial charge on any atom is 0.293 e. The molecule has 0 atom stereocenters. The van der Waals surface area contributed by atoms with Crippen LogP contribution in [0.1, 0.15) is 16.1 Å². The van der Waals surface area contributed by atoms with E-state index in [0.29, 0.717) is 22.1 Å². The second-order valence-electron chi connectivity index (χ2n) is 6.75. The van der Waals surface area contributed by atoms with Gasteiger partial charge in [-0.25, -0.2) is 4.98 Å². The highest BCUT2D eigenvalue weighted by molar-refractivity contribution is 8.18. The van der Waals surface area contributed by atoms with Gasteiger partial charge in [0.15, 0.2) is 11.5 Å². The van der Waals surface area contributed by atoms with Crippen LogP contribution in [0.15, 0.2) is 45.3 Å². The number of thiazole rings is 1. The first-order valence-electron chi connectivity index (χ1n) is 9.50. The molecule has 0 spiro atoms. The Morgan fingerprint density at radius 1 is 1.19 bits per heavy atom. The molecule has 8 nitrogen and oxygen atoms in total. The van der Waals surface area contributed by atoms with Gasteiger partial charge in [-0.05, 0) is 47.0 Å². The van der Waals surface area contributed by atoms with Crippen LogP contribution in [0, 0.1) is 0 Å². The van der Waals surface area contributed by atoms with E-state index in [1.165, 1.54) is 11.3 Å². The average Bonchev–Trinajstić information content (AvgIpc) is 3.57. The Hall–Kier alpha value is -3.15. The summed E-state index contributed by atoms with van der Waals surface area (Å²) in [5.74, 6) is 0.518. The number of carbonyl (C=O) groups is 3. The lowest BCUT2D eigenvalue weighted by molar-refractivity contribution is -0.122. The van der Waals surface area contributed by atoms with Crippen molar-refractivity contribution >= 4 is 57.6 Å². The highest BCUT2D eigenvalue weighted by Gasteiger charge is 2.34. The summed E-state index contributed by atoms with van der Waals surface area (Å²) in [5.41, 5.74) is 2.03. The minimum atomic E-state index is -0.389. The molecule has 2 aliphatic rings. The van der Waals surface area contributed by atoms with E-state index >= 15 is 0 Å². The van der Waals surface area contributed by atoms with Crippen molar-refractivity contribution in [1.29, 1.82) is 0 Å². The largest absolute Gasteiger partial charge is 0.454 e. The molecule has 0 saturated carbocycles. The first-order valence-corrected chi connectivity index (χ1v) is 12.1. The second kappa shape index (κ2) is 8.77. The first-order chi connectivity index (χ1) is 15.6. The Kier molecular flexibility index (Phi) is 5.68. The Morgan fingerprint density at radius 2 is 2.06 bits per heavy atom. The zero-order chi connectivity index (χ0) is 22.1. The predicted octanol–water partition coefficient (Wildman–Crippen LogP) is 4.07. The van der Waals surface area contributed by atoms with Crippen LogP contribution in [0.2, 0.25) is 0 Å². The van der Waals surface area contributed by atoms with Crippen molar-refractivity contribution < 1.29 is 23.9 Å². The third kappa shape index (κ3) is 4.14. The third-order valence-corrected chi connectivity index (χ3v) is 7.18. The molecule has 0 aliphatic carbocycles. The van der Waals surface area contributed by atoms with Crippen LogP contribution in [-0.2, 0) is 4.79 Å². The minimum absolute atomic E-state index is 0.0798. The van der Waals surface area contributed by atoms with Gasteiger partial charge in [-0.1, -0.05) is 6.07 Å². The summed E-state index contributed by atoms with van der Waals surface area (Å²) < 4.78 is 10.6. The quantitative estimate of drug-likeness (QED) is 0.526. The molecule has 4 heterocycles. The van der Waals surface area contributed by atoms with Crippen molar-refractivity contribution in [2.24, 2.45) is 0 Å². The topological polar surface area (TPSA) is 97.8 Å². The van der Waals surface area contributed by atoms with Gasteiger partial charge in [0.25, 0.3) is 17.1 Å². The van der Waals surface area contributed by atoms with Gasteiger partial charge in [-0.3, -0.25) is 19.3 Å². The van der Waals surface area contributed by atoms with Crippen molar-refractivity contribution in [2.45, 2.75) is 0 Å². The van der Waals surface area contributed by atoms with Crippen molar-refractivity contribution in [2.75, 3.05) is 19.9 Å². The van der Waals surface area contributed by atoms with Gasteiger partial charge >= 0.3 is 0 Å². The number of hydrogen-bond donors (Lipinski definition) is 1. The number of ether oxygens (including phenoxy) is 2. The van der Waals surface area contributed by atoms with Crippen LogP contribution in [0.3, 0.4) is 0 Å². The van der Waals surface area contributed by atoms with Gasteiger partial charge in [0, 0.05) is 29.4 Å². The Morgan fingerprint density at radius 3 is 2.91 bits per heavy atom. The van der Waals surface area contributed by atoms with E-state index < -0.39 is 0 Å².